The molecule has 0 saturated heterocycles. The molecule has 0 bridgehead atoms. The molecule has 7 heteroatoms. The van der Waals surface area contributed by atoms with Gasteiger partial charge in [-0.2, -0.15) is 0 Å². The summed E-state index contributed by atoms with van der Waals surface area (Å²) in [4.78, 5) is 26.7. The molecule has 1 heterocycles. The van der Waals surface area contributed by atoms with Crippen LogP contribution in [0.4, 0.5) is 0 Å². The molecule has 2 N–H and O–H groups in total. The number of pyridine rings is 1. The maximum atomic E-state index is 11.9. The fourth-order valence-corrected chi connectivity index (χ4v) is 1.78. The molecule has 1 aromatic heterocycles. The quantitative estimate of drug-likeness (QED) is 0.821. The monoisotopic (exact) mass is 290 g/mol. The van der Waals surface area contributed by atoms with Crippen molar-refractivity contribution in [3.05, 3.63) is 27.5 Å². The number of aromatic carboxylic acids is 1. The van der Waals surface area contributed by atoms with Crippen LogP contribution in [0.5, 0.6) is 0 Å². The van der Waals surface area contributed by atoms with E-state index in [-0.39, 0.29) is 21.4 Å². The van der Waals surface area contributed by atoms with Crippen LogP contribution in [0.15, 0.2) is 6.07 Å². The molecule has 0 saturated carbocycles. The molecule has 5 nitrogen and oxygen atoms in total. The number of rotatable bonds is 2. The third-order valence-corrected chi connectivity index (χ3v) is 2.35. The second-order valence-electron chi connectivity index (χ2n) is 4.66. The third kappa shape index (κ3) is 3.58. The minimum atomic E-state index is -1.33. The number of carboxylic acid groups (broad SMARTS) is 1. The average molecular weight is 291 g/mol. The zero-order chi connectivity index (χ0) is 14.1. The van der Waals surface area contributed by atoms with E-state index in [1.54, 1.807) is 20.8 Å². The first-order chi connectivity index (χ1) is 8.11. The molecule has 1 amide bonds. The zero-order valence-electron chi connectivity index (χ0n) is 10.0. The number of carboxylic acids is 1. The predicted molar refractivity (Wildman–Crippen MR) is 68.4 cm³/mol. The highest BCUT2D eigenvalue weighted by atomic mass is 35.5. The molecule has 18 heavy (non-hydrogen) atoms. The summed E-state index contributed by atoms with van der Waals surface area (Å²) in [6.45, 7) is 5.28. The maximum Gasteiger partial charge on any atom is 0.339 e. The highest BCUT2D eigenvalue weighted by molar-refractivity contribution is 6.36. The number of aromatic nitrogens is 1. The Morgan fingerprint density at radius 2 is 1.89 bits per heavy atom. The highest BCUT2D eigenvalue weighted by Gasteiger charge is 2.25. The number of carbonyl (C=O) groups is 2. The lowest BCUT2D eigenvalue weighted by Gasteiger charge is -2.20. The molecule has 0 aliphatic carbocycles. The van der Waals surface area contributed by atoms with Crippen molar-refractivity contribution < 1.29 is 14.7 Å². The van der Waals surface area contributed by atoms with Crippen LogP contribution in [0.25, 0.3) is 0 Å². The van der Waals surface area contributed by atoms with Gasteiger partial charge < -0.3 is 10.4 Å². The number of hydrogen-bond acceptors (Lipinski definition) is 3. The van der Waals surface area contributed by atoms with Gasteiger partial charge >= 0.3 is 5.97 Å². The molecule has 0 unspecified atom stereocenters. The van der Waals surface area contributed by atoms with E-state index in [1.807, 2.05) is 0 Å². The molecule has 1 rings (SSSR count). The molecule has 0 spiro atoms. The van der Waals surface area contributed by atoms with Crippen molar-refractivity contribution in [1.82, 2.24) is 10.3 Å². The van der Waals surface area contributed by atoms with E-state index >= 15 is 0 Å². The van der Waals surface area contributed by atoms with Crippen molar-refractivity contribution >= 4 is 35.1 Å². The van der Waals surface area contributed by atoms with Crippen molar-refractivity contribution in [2.75, 3.05) is 0 Å². The van der Waals surface area contributed by atoms with Gasteiger partial charge in [-0.15, -0.1) is 0 Å². The lowest BCUT2D eigenvalue weighted by molar-refractivity contribution is 0.0689. The van der Waals surface area contributed by atoms with E-state index in [2.05, 4.69) is 10.3 Å². The van der Waals surface area contributed by atoms with Crippen molar-refractivity contribution in [3.63, 3.8) is 0 Å². The van der Waals surface area contributed by atoms with Crippen LogP contribution >= 0.6 is 23.2 Å². The summed E-state index contributed by atoms with van der Waals surface area (Å²) in [6, 6.07) is 1.18. The highest BCUT2D eigenvalue weighted by Crippen LogP contribution is 2.23. The zero-order valence-corrected chi connectivity index (χ0v) is 11.6. The standard InChI is InChI=1S/C11H12Cl2N2O3/c1-11(2,3)15-9(16)8-7(10(17)18)5(12)4-6(13)14-8/h4H,1-3H3,(H,15,16)(H,17,18). The van der Waals surface area contributed by atoms with Gasteiger partial charge in [0.1, 0.15) is 16.4 Å². The van der Waals surface area contributed by atoms with E-state index in [1.165, 1.54) is 6.07 Å². The summed E-state index contributed by atoms with van der Waals surface area (Å²) in [5.41, 5.74) is -1.18. The van der Waals surface area contributed by atoms with Crippen LogP contribution in [0.2, 0.25) is 10.2 Å². The second-order valence-corrected chi connectivity index (χ2v) is 5.45. The van der Waals surface area contributed by atoms with E-state index < -0.39 is 17.4 Å². The lowest BCUT2D eigenvalue weighted by atomic mass is 10.1. The van der Waals surface area contributed by atoms with Crippen molar-refractivity contribution in [1.29, 1.82) is 0 Å². The lowest BCUT2D eigenvalue weighted by Crippen LogP contribution is -2.41. The topological polar surface area (TPSA) is 79.3 Å². The summed E-state index contributed by atoms with van der Waals surface area (Å²) in [6.07, 6.45) is 0. The Bertz CT molecular complexity index is 510. The molecule has 0 fully saturated rings. The summed E-state index contributed by atoms with van der Waals surface area (Å²) in [5, 5.41) is 11.5. The minimum Gasteiger partial charge on any atom is -0.478 e. The number of halogens is 2. The molecule has 0 aromatic carbocycles. The van der Waals surface area contributed by atoms with E-state index in [9.17, 15) is 9.59 Å². The van der Waals surface area contributed by atoms with Crippen molar-refractivity contribution in [2.45, 2.75) is 26.3 Å². The first kappa shape index (κ1) is 14.7. The predicted octanol–water partition coefficient (Wildman–Crippen LogP) is 2.61. The summed E-state index contributed by atoms with van der Waals surface area (Å²) < 4.78 is 0. The maximum absolute atomic E-state index is 11.9. The molecule has 0 radical (unpaired) electrons. The smallest absolute Gasteiger partial charge is 0.339 e. The van der Waals surface area contributed by atoms with Crippen LogP contribution in [0.3, 0.4) is 0 Å². The molecule has 98 valence electrons. The van der Waals surface area contributed by atoms with Gasteiger partial charge in [0.05, 0.1) is 5.02 Å². The van der Waals surface area contributed by atoms with Gasteiger partial charge in [0.15, 0.2) is 0 Å². The second kappa shape index (κ2) is 5.12. The van der Waals surface area contributed by atoms with Gasteiger partial charge in [-0.05, 0) is 26.8 Å². The summed E-state index contributed by atoms with van der Waals surface area (Å²) >= 11 is 11.4. The Morgan fingerprint density at radius 3 is 2.33 bits per heavy atom. The van der Waals surface area contributed by atoms with E-state index in [0.717, 1.165) is 0 Å². The normalized spacial score (nSPS) is 11.2. The van der Waals surface area contributed by atoms with Crippen LogP contribution in [-0.2, 0) is 0 Å². The minimum absolute atomic E-state index is 0.0379. The SMILES string of the molecule is CC(C)(C)NC(=O)c1nc(Cl)cc(Cl)c1C(=O)O. The molecule has 0 aliphatic rings. The number of nitrogens with one attached hydrogen (secondary N) is 1. The van der Waals surface area contributed by atoms with Crippen LogP contribution < -0.4 is 5.32 Å². The number of nitrogens with zero attached hydrogens (tertiary/aromatic N) is 1. The molecular weight excluding hydrogens is 279 g/mol. The average Bonchev–Trinajstić information content (AvgIpc) is 2.12. The molecule has 0 aliphatic heterocycles. The number of carbonyl (C=O) groups excluding carboxylic acids is 1. The number of hydrogen-bond donors (Lipinski definition) is 2. The Balaban J connectivity index is 3.31. The van der Waals surface area contributed by atoms with Crippen LogP contribution in [0, 0.1) is 0 Å². The van der Waals surface area contributed by atoms with Crippen molar-refractivity contribution in [3.8, 4) is 0 Å². The van der Waals surface area contributed by atoms with Gasteiger partial charge in [-0.3, -0.25) is 4.79 Å². The summed E-state index contributed by atoms with van der Waals surface area (Å²) in [5.74, 6) is -1.97. The Kier molecular flexibility index (Phi) is 4.19. The largest absolute Gasteiger partial charge is 0.478 e. The van der Waals surface area contributed by atoms with E-state index in [4.69, 9.17) is 28.3 Å². The Hall–Kier alpha value is -1.33. The van der Waals surface area contributed by atoms with Crippen molar-refractivity contribution in [2.24, 2.45) is 0 Å². The first-order valence-electron chi connectivity index (χ1n) is 5.03. The fourth-order valence-electron chi connectivity index (χ4n) is 1.25. The van der Waals surface area contributed by atoms with Gasteiger partial charge in [0.2, 0.25) is 0 Å². The van der Waals surface area contributed by atoms with Gasteiger partial charge in [0.25, 0.3) is 5.91 Å². The Labute approximate surface area is 114 Å². The van der Waals surface area contributed by atoms with Crippen LogP contribution in [-0.4, -0.2) is 27.5 Å². The number of amides is 1. The van der Waals surface area contributed by atoms with Gasteiger partial charge in [-0.25, -0.2) is 9.78 Å². The fraction of sp³-hybridized carbons (Fsp3) is 0.364. The first-order valence-corrected chi connectivity index (χ1v) is 5.79. The van der Waals surface area contributed by atoms with E-state index in [0.29, 0.717) is 0 Å². The molecule has 1 aromatic rings. The van der Waals surface area contributed by atoms with Gasteiger partial charge in [0, 0.05) is 5.54 Å². The third-order valence-electron chi connectivity index (χ3n) is 1.86. The molecule has 0 atom stereocenters. The van der Waals surface area contributed by atoms with Gasteiger partial charge in [-0.1, -0.05) is 23.2 Å². The summed E-state index contributed by atoms with van der Waals surface area (Å²) in [7, 11) is 0. The Morgan fingerprint density at radius 1 is 1.33 bits per heavy atom. The van der Waals surface area contributed by atoms with Crippen LogP contribution in [0.1, 0.15) is 41.6 Å². The molecular formula is C11H12Cl2N2O3.